The van der Waals surface area contributed by atoms with Crippen LogP contribution in [0.2, 0.25) is 0 Å². The van der Waals surface area contributed by atoms with Gasteiger partial charge in [0.15, 0.2) is 5.75 Å². The van der Waals surface area contributed by atoms with E-state index in [0.717, 1.165) is 0 Å². The minimum Gasteiger partial charge on any atom is -0.288 e. The van der Waals surface area contributed by atoms with Crippen molar-refractivity contribution in [2.45, 2.75) is 0 Å². The molecule has 1 heterocycles. The maximum absolute atomic E-state index is 11.5. The van der Waals surface area contributed by atoms with Gasteiger partial charge in [0.1, 0.15) is 0 Å². The van der Waals surface area contributed by atoms with Crippen LogP contribution in [0.3, 0.4) is 0 Å². The summed E-state index contributed by atoms with van der Waals surface area (Å²) in [4.78, 5) is 1.89. The SMILES string of the molecule is N#CCN1CCN(S(=O)(=O)CC#N)CC1. The summed E-state index contributed by atoms with van der Waals surface area (Å²) in [6.07, 6.45) is 0. The van der Waals surface area contributed by atoms with E-state index in [-0.39, 0.29) is 0 Å². The summed E-state index contributed by atoms with van der Waals surface area (Å²) in [6, 6.07) is 3.67. The van der Waals surface area contributed by atoms with Crippen LogP contribution in [0, 0.1) is 22.7 Å². The van der Waals surface area contributed by atoms with Gasteiger partial charge in [-0.05, 0) is 0 Å². The quantitative estimate of drug-likeness (QED) is 0.577. The van der Waals surface area contributed by atoms with Crippen LogP contribution >= 0.6 is 0 Å². The molecule has 0 aromatic carbocycles. The Hall–Kier alpha value is -1.15. The fourth-order valence-electron chi connectivity index (χ4n) is 1.44. The maximum Gasteiger partial charge on any atom is 0.227 e. The molecule has 0 aromatic rings. The van der Waals surface area contributed by atoms with E-state index in [9.17, 15) is 8.42 Å². The number of hydrogen-bond donors (Lipinski definition) is 0. The van der Waals surface area contributed by atoms with Crippen molar-refractivity contribution in [1.82, 2.24) is 9.21 Å². The number of nitriles is 2. The lowest BCUT2D eigenvalue weighted by Gasteiger charge is -2.31. The van der Waals surface area contributed by atoms with Crippen LogP contribution in [0.4, 0.5) is 0 Å². The largest absolute Gasteiger partial charge is 0.288 e. The average Bonchev–Trinajstić information content (AvgIpc) is 2.19. The van der Waals surface area contributed by atoms with E-state index in [1.807, 2.05) is 11.0 Å². The van der Waals surface area contributed by atoms with Crippen molar-refractivity contribution in [2.24, 2.45) is 0 Å². The van der Waals surface area contributed by atoms with E-state index < -0.39 is 15.8 Å². The summed E-state index contributed by atoms with van der Waals surface area (Å²) in [7, 11) is -3.41. The Labute approximate surface area is 89.4 Å². The van der Waals surface area contributed by atoms with Gasteiger partial charge in [0.05, 0.1) is 18.7 Å². The van der Waals surface area contributed by atoms with Crippen LogP contribution < -0.4 is 0 Å². The molecule has 1 aliphatic rings. The molecular formula is C8H12N4O2S. The topological polar surface area (TPSA) is 88.2 Å². The Balaban J connectivity index is 2.52. The van der Waals surface area contributed by atoms with Gasteiger partial charge in [0, 0.05) is 26.2 Å². The normalized spacial score (nSPS) is 19.3. The number of nitrogens with zero attached hydrogens (tertiary/aromatic N) is 4. The fourth-order valence-corrected chi connectivity index (χ4v) is 2.50. The molecule has 82 valence electrons. The molecule has 0 spiro atoms. The molecule has 0 aliphatic carbocycles. The molecule has 15 heavy (non-hydrogen) atoms. The van der Waals surface area contributed by atoms with Gasteiger partial charge in [-0.15, -0.1) is 0 Å². The van der Waals surface area contributed by atoms with Gasteiger partial charge in [0.25, 0.3) is 0 Å². The lowest BCUT2D eigenvalue weighted by molar-refractivity contribution is 0.206. The van der Waals surface area contributed by atoms with E-state index in [4.69, 9.17) is 10.5 Å². The maximum atomic E-state index is 11.5. The predicted octanol–water partition coefficient (Wildman–Crippen LogP) is -1.02. The second-order valence-electron chi connectivity index (χ2n) is 3.25. The number of rotatable bonds is 3. The van der Waals surface area contributed by atoms with Gasteiger partial charge in [-0.1, -0.05) is 0 Å². The summed E-state index contributed by atoms with van der Waals surface area (Å²) in [6.45, 7) is 2.17. The van der Waals surface area contributed by atoms with Crippen LogP contribution in [-0.2, 0) is 10.0 Å². The minimum atomic E-state index is -3.41. The third-order valence-electron chi connectivity index (χ3n) is 2.27. The van der Waals surface area contributed by atoms with E-state index in [0.29, 0.717) is 32.7 Å². The van der Waals surface area contributed by atoms with Crippen molar-refractivity contribution in [3.8, 4) is 12.1 Å². The molecular weight excluding hydrogens is 216 g/mol. The van der Waals surface area contributed by atoms with Crippen molar-refractivity contribution >= 4 is 10.0 Å². The van der Waals surface area contributed by atoms with Crippen LogP contribution in [0.5, 0.6) is 0 Å². The van der Waals surface area contributed by atoms with Crippen molar-refractivity contribution in [1.29, 1.82) is 10.5 Å². The zero-order valence-electron chi connectivity index (χ0n) is 8.26. The van der Waals surface area contributed by atoms with Gasteiger partial charge in [-0.25, -0.2) is 8.42 Å². The molecule has 0 amide bonds. The Morgan fingerprint density at radius 1 is 1.07 bits per heavy atom. The monoisotopic (exact) mass is 228 g/mol. The minimum absolute atomic E-state index is 0.326. The molecule has 0 aromatic heterocycles. The molecule has 1 saturated heterocycles. The zero-order chi connectivity index (χ0) is 11.3. The van der Waals surface area contributed by atoms with E-state index in [2.05, 4.69) is 0 Å². The van der Waals surface area contributed by atoms with Crippen LogP contribution in [-0.4, -0.2) is 56.1 Å². The smallest absolute Gasteiger partial charge is 0.227 e. The van der Waals surface area contributed by atoms with Crippen LogP contribution in [0.1, 0.15) is 0 Å². The first-order valence-electron chi connectivity index (χ1n) is 4.54. The second-order valence-corrected chi connectivity index (χ2v) is 5.22. The Morgan fingerprint density at radius 3 is 2.13 bits per heavy atom. The molecule has 1 rings (SSSR count). The lowest BCUT2D eigenvalue weighted by atomic mass is 10.4. The molecule has 0 saturated carbocycles. The molecule has 6 nitrogen and oxygen atoms in total. The third kappa shape index (κ3) is 3.17. The summed E-state index contributed by atoms with van der Waals surface area (Å²) in [5.74, 6) is -0.467. The summed E-state index contributed by atoms with van der Waals surface area (Å²) < 4.78 is 24.2. The molecule has 0 radical (unpaired) electrons. The van der Waals surface area contributed by atoms with Crippen molar-refractivity contribution in [2.75, 3.05) is 38.5 Å². The lowest BCUT2D eigenvalue weighted by Crippen LogP contribution is -2.49. The van der Waals surface area contributed by atoms with E-state index in [1.54, 1.807) is 6.07 Å². The first-order valence-corrected chi connectivity index (χ1v) is 6.15. The van der Waals surface area contributed by atoms with Crippen molar-refractivity contribution in [3.63, 3.8) is 0 Å². The van der Waals surface area contributed by atoms with Gasteiger partial charge < -0.3 is 0 Å². The summed E-state index contributed by atoms with van der Waals surface area (Å²) in [5, 5.41) is 16.8. The molecule has 0 N–H and O–H groups in total. The second kappa shape index (κ2) is 5.08. The molecule has 1 fully saturated rings. The Kier molecular flexibility index (Phi) is 4.04. The van der Waals surface area contributed by atoms with Gasteiger partial charge in [-0.3, -0.25) is 4.90 Å². The van der Waals surface area contributed by atoms with Crippen LogP contribution in [0.15, 0.2) is 0 Å². The molecule has 1 aliphatic heterocycles. The summed E-state index contributed by atoms with van der Waals surface area (Å²) >= 11 is 0. The summed E-state index contributed by atoms with van der Waals surface area (Å²) in [5.41, 5.74) is 0. The highest BCUT2D eigenvalue weighted by molar-refractivity contribution is 7.89. The number of sulfonamides is 1. The third-order valence-corrected chi connectivity index (χ3v) is 3.91. The Bertz CT molecular complexity index is 384. The van der Waals surface area contributed by atoms with Crippen LogP contribution in [0.25, 0.3) is 0 Å². The van der Waals surface area contributed by atoms with Gasteiger partial charge >= 0.3 is 0 Å². The zero-order valence-corrected chi connectivity index (χ0v) is 9.07. The molecule has 0 bridgehead atoms. The Morgan fingerprint density at radius 2 is 1.67 bits per heavy atom. The standard InChI is InChI=1S/C8H12N4O2S/c9-1-3-11-4-6-12(7-5-11)15(13,14)8-2-10/h3-8H2. The van der Waals surface area contributed by atoms with E-state index in [1.165, 1.54) is 4.31 Å². The average molecular weight is 228 g/mol. The highest BCUT2D eigenvalue weighted by Crippen LogP contribution is 2.07. The highest BCUT2D eigenvalue weighted by Gasteiger charge is 2.26. The predicted molar refractivity (Wildman–Crippen MR) is 53.0 cm³/mol. The van der Waals surface area contributed by atoms with Gasteiger partial charge in [0.2, 0.25) is 10.0 Å². The highest BCUT2D eigenvalue weighted by atomic mass is 32.2. The number of hydrogen-bond acceptors (Lipinski definition) is 5. The first kappa shape index (κ1) is 11.9. The van der Waals surface area contributed by atoms with Gasteiger partial charge in [-0.2, -0.15) is 14.8 Å². The first-order chi connectivity index (χ1) is 7.10. The number of piperazine rings is 1. The van der Waals surface area contributed by atoms with Crippen molar-refractivity contribution in [3.05, 3.63) is 0 Å². The van der Waals surface area contributed by atoms with E-state index >= 15 is 0 Å². The molecule has 7 heteroatoms. The fraction of sp³-hybridized carbons (Fsp3) is 0.750. The molecule has 0 unspecified atom stereocenters. The van der Waals surface area contributed by atoms with Crippen molar-refractivity contribution < 1.29 is 8.42 Å². The molecule has 0 atom stereocenters.